The molecule has 0 aliphatic carbocycles. The molecule has 0 aliphatic rings. The summed E-state index contributed by atoms with van der Waals surface area (Å²) in [6, 6.07) is 0.695. The van der Waals surface area contributed by atoms with Crippen LogP contribution in [0.1, 0.15) is 23.4 Å². The number of ether oxygens (including phenoxy) is 1. The Morgan fingerprint density at radius 2 is 2.05 bits per heavy atom. The molecule has 0 saturated carbocycles. The minimum atomic E-state index is -5.06. The van der Waals surface area contributed by atoms with E-state index in [1.807, 2.05) is 0 Å². The molecule has 1 aromatic heterocycles. The molecular formula is C10H8F5NO3. The second-order valence-electron chi connectivity index (χ2n) is 3.55. The summed E-state index contributed by atoms with van der Waals surface area (Å²) < 4.78 is 65.0. The van der Waals surface area contributed by atoms with Gasteiger partial charge in [-0.15, -0.1) is 13.2 Å². The van der Waals surface area contributed by atoms with E-state index in [9.17, 15) is 26.7 Å². The van der Waals surface area contributed by atoms with Crippen molar-refractivity contribution in [1.29, 1.82) is 0 Å². The monoisotopic (exact) mass is 285 g/mol. The van der Waals surface area contributed by atoms with E-state index >= 15 is 0 Å². The van der Waals surface area contributed by atoms with Gasteiger partial charge in [0, 0.05) is 0 Å². The van der Waals surface area contributed by atoms with E-state index in [4.69, 9.17) is 5.11 Å². The Labute approximate surface area is 103 Å². The minimum absolute atomic E-state index is 0.219. The summed E-state index contributed by atoms with van der Waals surface area (Å²) in [6.07, 6.45) is -9.04. The third kappa shape index (κ3) is 4.34. The molecule has 106 valence electrons. The summed E-state index contributed by atoms with van der Waals surface area (Å²) in [6.45, 7) is 1.13. The van der Waals surface area contributed by atoms with Crippen LogP contribution in [0.5, 0.6) is 5.75 Å². The fraction of sp³-hybridized carbons (Fsp3) is 0.400. The van der Waals surface area contributed by atoms with Crippen molar-refractivity contribution in [1.82, 2.24) is 4.98 Å². The maximum Gasteiger partial charge on any atom is 0.573 e. The number of alkyl halides is 5. The standard InChI is InChI=1S/C10H8F5NO3/c1-4-2-6(19-10(13,14)15)5(3-7(17)18)16-8(4)9(11)12/h2,9H,3H2,1H3,(H,17,18). The molecule has 0 atom stereocenters. The van der Waals surface area contributed by atoms with Crippen molar-refractivity contribution in [3.63, 3.8) is 0 Å². The Bertz CT molecular complexity index is 487. The smallest absolute Gasteiger partial charge is 0.481 e. The number of halogens is 5. The third-order valence-electron chi connectivity index (χ3n) is 2.04. The number of carboxylic acid groups (broad SMARTS) is 1. The number of nitrogens with zero attached hydrogens (tertiary/aromatic N) is 1. The zero-order valence-corrected chi connectivity index (χ0v) is 9.46. The van der Waals surface area contributed by atoms with Crippen molar-refractivity contribution in [3.05, 3.63) is 23.0 Å². The van der Waals surface area contributed by atoms with E-state index in [0.29, 0.717) is 6.07 Å². The fourth-order valence-electron chi connectivity index (χ4n) is 1.35. The highest BCUT2D eigenvalue weighted by Gasteiger charge is 2.33. The zero-order valence-electron chi connectivity index (χ0n) is 9.46. The summed E-state index contributed by atoms with van der Waals surface area (Å²) in [7, 11) is 0. The Hall–Kier alpha value is -1.93. The number of hydrogen-bond acceptors (Lipinski definition) is 3. The number of pyridine rings is 1. The van der Waals surface area contributed by atoms with Crippen LogP contribution in [-0.2, 0) is 11.2 Å². The molecule has 0 unspecified atom stereocenters. The number of hydrogen-bond donors (Lipinski definition) is 1. The zero-order chi connectivity index (χ0) is 14.8. The van der Waals surface area contributed by atoms with Gasteiger partial charge in [-0.2, -0.15) is 0 Å². The van der Waals surface area contributed by atoms with Crippen LogP contribution in [0.3, 0.4) is 0 Å². The quantitative estimate of drug-likeness (QED) is 0.864. The molecule has 19 heavy (non-hydrogen) atoms. The molecular weight excluding hydrogens is 277 g/mol. The van der Waals surface area contributed by atoms with E-state index < -0.39 is 42.3 Å². The first kappa shape index (κ1) is 15.1. The van der Waals surface area contributed by atoms with E-state index in [1.54, 1.807) is 0 Å². The first-order chi connectivity index (χ1) is 8.60. The van der Waals surface area contributed by atoms with E-state index in [0.717, 1.165) is 6.92 Å². The Balaban J connectivity index is 3.27. The van der Waals surface area contributed by atoms with Gasteiger partial charge < -0.3 is 9.84 Å². The molecule has 0 spiro atoms. The molecule has 9 heteroatoms. The molecule has 0 fully saturated rings. The van der Waals surface area contributed by atoms with Crippen LogP contribution in [0, 0.1) is 6.92 Å². The number of aromatic nitrogens is 1. The van der Waals surface area contributed by atoms with Gasteiger partial charge in [-0.3, -0.25) is 4.79 Å². The third-order valence-corrected chi connectivity index (χ3v) is 2.04. The summed E-state index contributed by atoms with van der Waals surface area (Å²) in [5.74, 6) is -2.40. The van der Waals surface area contributed by atoms with Gasteiger partial charge in [0.2, 0.25) is 0 Å². The molecule has 1 aromatic rings. The van der Waals surface area contributed by atoms with Crippen LogP contribution in [0.2, 0.25) is 0 Å². The molecule has 0 bridgehead atoms. The van der Waals surface area contributed by atoms with Crippen molar-refractivity contribution in [3.8, 4) is 5.75 Å². The predicted molar refractivity (Wildman–Crippen MR) is 52.0 cm³/mol. The SMILES string of the molecule is Cc1cc(OC(F)(F)F)c(CC(=O)O)nc1C(F)F. The second kappa shape index (κ2) is 5.37. The molecule has 0 amide bonds. The normalized spacial score (nSPS) is 11.7. The Kier molecular flexibility index (Phi) is 4.28. The number of carboxylic acids is 1. The summed E-state index contributed by atoms with van der Waals surface area (Å²) in [5.41, 5.74) is -1.69. The highest BCUT2D eigenvalue weighted by molar-refractivity contribution is 5.70. The van der Waals surface area contributed by atoms with Crippen molar-refractivity contribution in [2.45, 2.75) is 26.1 Å². The lowest BCUT2D eigenvalue weighted by molar-refractivity contribution is -0.275. The molecule has 0 saturated heterocycles. The van der Waals surface area contributed by atoms with Gasteiger partial charge in [-0.1, -0.05) is 0 Å². The summed E-state index contributed by atoms with van der Waals surface area (Å²) >= 11 is 0. The molecule has 0 aliphatic heterocycles. The Morgan fingerprint density at radius 3 is 2.47 bits per heavy atom. The fourth-order valence-corrected chi connectivity index (χ4v) is 1.35. The van der Waals surface area contributed by atoms with Crippen molar-refractivity contribution in [2.75, 3.05) is 0 Å². The predicted octanol–water partition coefficient (Wildman–Crippen LogP) is 2.85. The van der Waals surface area contributed by atoms with E-state index in [-0.39, 0.29) is 5.56 Å². The van der Waals surface area contributed by atoms with Gasteiger partial charge in [0.05, 0.1) is 12.1 Å². The highest BCUT2D eigenvalue weighted by Crippen LogP contribution is 2.30. The molecule has 0 radical (unpaired) electrons. The maximum absolute atomic E-state index is 12.5. The number of aliphatic carboxylic acids is 1. The number of rotatable bonds is 4. The first-order valence-electron chi connectivity index (χ1n) is 4.86. The van der Waals surface area contributed by atoms with Crippen LogP contribution in [-0.4, -0.2) is 22.4 Å². The number of carbonyl (C=O) groups is 1. The van der Waals surface area contributed by atoms with Crippen molar-refractivity contribution >= 4 is 5.97 Å². The van der Waals surface area contributed by atoms with Crippen molar-refractivity contribution < 1.29 is 36.6 Å². The lowest BCUT2D eigenvalue weighted by Crippen LogP contribution is -2.20. The van der Waals surface area contributed by atoms with Crippen LogP contribution in [0.15, 0.2) is 6.07 Å². The average molecular weight is 285 g/mol. The van der Waals surface area contributed by atoms with E-state index in [1.165, 1.54) is 0 Å². The highest BCUT2D eigenvalue weighted by atomic mass is 19.4. The minimum Gasteiger partial charge on any atom is -0.481 e. The van der Waals surface area contributed by atoms with Crippen LogP contribution in [0.4, 0.5) is 22.0 Å². The maximum atomic E-state index is 12.5. The van der Waals surface area contributed by atoms with Gasteiger partial charge >= 0.3 is 12.3 Å². The van der Waals surface area contributed by atoms with Crippen LogP contribution in [0.25, 0.3) is 0 Å². The molecule has 1 heterocycles. The molecule has 4 nitrogen and oxygen atoms in total. The summed E-state index contributed by atoms with van der Waals surface area (Å²) in [5, 5.41) is 8.52. The topological polar surface area (TPSA) is 59.4 Å². The van der Waals surface area contributed by atoms with Crippen LogP contribution < -0.4 is 4.74 Å². The second-order valence-corrected chi connectivity index (χ2v) is 3.55. The molecule has 0 aromatic carbocycles. The van der Waals surface area contributed by atoms with Gasteiger partial charge in [0.25, 0.3) is 6.43 Å². The van der Waals surface area contributed by atoms with Crippen LogP contribution >= 0.6 is 0 Å². The number of aryl methyl sites for hydroxylation is 1. The van der Waals surface area contributed by atoms with Gasteiger partial charge in [0.15, 0.2) is 5.75 Å². The van der Waals surface area contributed by atoms with Crippen molar-refractivity contribution in [2.24, 2.45) is 0 Å². The van der Waals surface area contributed by atoms with Gasteiger partial charge in [-0.05, 0) is 18.6 Å². The van der Waals surface area contributed by atoms with Gasteiger partial charge in [0.1, 0.15) is 5.69 Å². The lowest BCUT2D eigenvalue weighted by Gasteiger charge is -2.14. The van der Waals surface area contributed by atoms with Gasteiger partial charge in [-0.25, -0.2) is 13.8 Å². The summed E-state index contributed by atoms with van der Waals surface area (Å²) in [4.78, 5) is 13.7. The average Bonchev–Trinajstić information content (AvgIpc) is 2.18. The largest absolute Gasteiger partial charge is 0.573 e. The molecule has 1 N–H and O–H groups in total. The van der Waals surface area contributed by atoms with E-state index in [2.05, 4.69) is 9.72 Å². The Morgan fingerprint density at radius 1 is 1.47 bits per heavy atom. The first-order valence-corrected chi connectivity index (χ1v) is 4.86. The molecule has 1 rings (SSSR count). The lowest BCUT2D eigenvalue weighted by atomic mass is 10.1.